The number of hydrogen-bond donors (Lipinski definition) is 1. The van der Waals surface area contributed by atoms with Gasteiger partial charge in [0, 0.05) is 37.3 Å². The molecule has 14 heteroatoms. The topological polar surface area (TPSA) is 110 Å². The van der Waals surface area contributed by atoms with E-state index in [-0.39, 0.29) is 6.04 Å². The number of benzene rings is 1. The van der Waals surface area contributed by atoms with Gasteiger partial charge in [-0.1, -0.05) is 12.1 Å². The average Bonchev–Trinajstić information content (AvgIpc) is 3.49. The Labute approximate surface area is 204 Å². The van der Waals surface area contributed by atoms with Crippen LogP contribution in [-0.2, 0) is 23.2 Å². The molecule has 1 atom stereocenters. The number of sulfonamides is 1. The van der Waals surface area contributed by atoms with Gasteiger partial charge in [0.15, 0.2) is 5.82 Å². The Bertz CT molecular complexity index is 1540. The molecule has 4 heterocycles. The molecular weight excluding hydrogens is 497 g/mol. The highest BCUT2D eigenvalue weighted by Crippen LogP contribution is 2.38. The summed E-state index contributed by atoms with van der Waals surface area (Å²) in [6.07, 6.45) is 0.329. The number of nitrogens with zero attached hydrogens (tertiary/aromatic N) is 7. The van der Waals surface area contributed by atoms with Gasteiger partial charge < -0.3 is 4.90 Å². The molecule has 0 amide bonds. The van der Waals surface area contributed by atoms with Gasteiger partial charge in [-0.25, -0.2) is 27.6 Å². The number of hydrogen-bond acceptors (Lipinski definition) is 7. The van der Waals surface area contributed by atoms with Crippen molar-refractivity contribution >= 4 is 21.4 Å². The van der Waals surface area contributed by atoms with Gasteiger partial charge in [0.2, 0.25) is 10.0 Å². The minimum atomic E-state index is -4.43. The van der Waals surface area contributed by atoms with Crippen LogP contribution in [0.15, 0.2) is 36.8 Å². The lowest BCUT2D eigenvalue weighted by molar-refractivity contribution is -0.137. The second kappa shape index (κ2) is 8.55. The van der Waals surface area contributed by atoms with Crippen LogP contribution >= 0.6 is 0 Å². The Kier molecular flexibility index (Phi) is 5.75. The third-order valence-electron chi connectivity index (χ3n) is 6.12. The summed E-state index contributed by atoms with van der Waals surface area (Å²) in [6.45, 7) is 2.78. The predicted octanol–water partition coefficient (Wildman–Crippen LogP) is 2.65. The fraction of sp³-hybridized carbons (Fsp3) is 0.364. The Morgan fingerprint density at radius 2 is 1.86 bits per heavy atom. The first-order chi connectivity index (χ1) is 16.9. The smallest absolute Gasteiger partial charge is 0.353 e. The first-order valence-corrected chi connectivity index (χ1v) is 12.9. The molecule has 4 aromatic rings. The minimum Gasteiger partial charge on any atom is -0.353 e. The maximum atomic E-state index is 13.1. The van der Waals surface area contributed by atoms with Crippen molar-refractivity contribution in [2.24, 2.45) is 7.05 Å². The zero-order valence-electron chi connectivity index (χ0n) is 19.7. The van der Waals surface area contributed by atoms with Gasteiger partial charge in [0.05, 0.1) is 23.7 Å². The third kappa shape index (κ3) is 4.41. The number of nitrogens with one attached hydrogen (secondary N) is 1. The standard InChI is InChI=1S/C22H23F3N8O2S/c1-13-29-18(17-10-27-31(2)19(17)14-4-6-15(7-5-14)22(23,24)25)20-21(26-12-28-33(13)20)32-9-8-16(11-32)30-36(3,34)35/h4-7,10,12,16,30H,8-9,11H2,1-3H3/t16-/m0/s1. The third-order valence-corrected chi connectivity index (χ3v) is 6.88. The number of rotatable bonds is 5. The maximum absolute atomic E-state index is 13.1. The zero-order chi connectivity index (χ0) is 25.8. The van der Waals surface area contributed by atoms with E-state index in [1.165, 1.54) is 18.5 Å². The molecule has 0 spiro atoms. The van der Waals surface area contributed by atoms with Crippen LogP contribution in [-0.4, -0.2) is 63.2 Å². The van der Waals surface area contributed by atoms with E-state index in [9.17, 15) is 21.6 Å². The van der Waals surface area contributed by atoms with Crippen LogP contribution in [0.25, 0.3) is 28.0 Å². The zero-order valence-corrected chi connectivity index (χ0v) is 20.5. The fourth-order valence-corrected chi connectivity index (χ4v) is 5.40. The van der Waals surface area contributed by atoms with Crippen LogP contribution in [0.3, 0.4) is 0 Å². The molecule has 0 unspecified atom stereocenters. The second-order valence-corrected chi connectivity index (χ2v) is 10.6. The highest BCUT2D eigenvalue weighted by Gasteiger charge is 2.32. The lowest BCUT2D eigenvalue weighted by Gasteiger charge is -2.19. The van der Waals surface area contributed by atoms with Gasteiger partial charge in [-0.05, 0) is 25.5 Å². The van der Waals surface area contributed by atoms with Crippen LogP contribution in [0, 0.1) is 6.92 Å². The lowest BCUT2D eigenvalue weighted by Crippen LogP contribution is -2.36. The van der Waals surface area contributed by atoms with E-state index >= 15 is 0 Å². The van der Waals surface area contributed by atoms with E-state index in [0.717, 1.165) is 18.4 Å². The van der Waals surface area contributed by atoms with E-state index in [2.05, 4.69) is 19.9 Å². The van der Waals surface area contributed by atoms with Crippen molar-refractivity contribution in [2.45, 2.75) is 25.6 Å². The largest absolute Gasteiger partial charge is 0.416 e. The summed E-state index contributed by atoms with van der Waals surface area (Å²) in [7, 11) is -1.65. The first kappa shape index (κ1) is 24.2. The number of halogens is 3. The van der Waals surface area contributed by atoms with Crippen LogP contribution in [0.4, 0.5) is 19.0 Å². The van der Waals surface area contributed by atoms with Crippen molar-refractivity contribution in [1.82, 2.24) is 34.1 Å². The highest BCUT2D eigenvalue weighted by atomic mass is 32.2. The summed E-state index contributed by atoms with van der Waals surface area (Å²) in [5.41, 5.74) is 2.16. The number of alkyl halides is 3. The molecule has 1 N–H and O–H groups in total. The summed E-state index contributed by atoms with van der Waals surface area (Å²) in [5, 5.41) is 8.69. The van der Waals surface area contributed by atoms with Crippen molar-refractivity contribution in [2.75, 3.05) is 24.2 Å². The van der Waals surface area contributed by atoms with Crippen LogP contribution < -0.4 is 9.62 Å². The van der Waals surface area contributed by atoms with Crippen molar-refractivity contribution in [1.29, 1.82) is 0 Å². The van der Waals surface area contributed by atoms with Gasteiger partial charge in [0.1, 0.15) is 23.4 Å². The number of fused-ring (bicyclic) bond motifs is 1. The summed E-state index contributed by atoms with van der Waals surface area (Å²) in [6, 6.07) is 4.64. The normalized spacial score (nSPS) is 16.8. The van der Waals surface area contributed by atoms with Crippen molar-refractivity contribution < 1.29 is 21.6 Å². The highest BCUT2D eigenvalue weighted by molar-refractivity contribution is 7.88. The predicted molar refractivity (Wildman–Crippen MR) is 127 cm³/mol. The molecule has 36 heavy (non-hydrogen) atoms. The number of aryl methyl sites for hydroxylation is 2. The number of anilines is 1. The Morgan fingerprint density at radius 1 is 1.14 bits per heavy atom. The molecule has 0 aliphatic carbocycles. The Balaban J connectivity index is 1.60. The number of imidazole rings is 1. The average molecular weight is 521 g/mol. The van der Waals surface area contributed by atoms with Crippen LogP contribution in [0.1, 0.15) is 17.8 Å². The monoisotopic (exact) mass is 520 g/mol. The van der Waals surface area contributed by atoms with E-state index in [1.807, 2.05) is 4.90 Å². The Morgan fingerprint density at radius 3 is 2.53 bits per heavy atom. The molecule has 5 rings (SSSR count). The summed E-state index contributed by atoms with van der Waals surface area (Å²) >= 11 is 0. The quantitative estimate of drug-likeness (QED) is 0.431. The summed E-state index contributed by atoms with van der Waals surface area (Å²) in [4.78, 5) is 11.2. The van der Waals surface area contributed by atoms with Crippen molar-refractivity contribution in [3.63, 3.8) is 0 Å². The SMILES string of the molecule is Cc1nc(-c2cnn(C)c2-c2ccc(C(F)(F)F)cc2)c2c(N3CC[C@H](NS(C)(=O)=O)C3)ncnn12. The van der Waals surface area contributed by atoms with E-state index < -0.39 is 21.8 Å². The van der Waals surface area contributed by atoms with E-state index in [0.29, 0.717) is 59.2 Å². The molecule has 1 fully saturated rings. The molecule has 1 aliphatic heterocycles. The molecule has 10 nitrogen and oxygen atoms in total. The molecule has 190 valence electrons. The van der Waals surface area contributed by atoms with Crippen molar-refractivity contribution in [3.8, 4) is 22.5 Å². The number of aromatic nitrogens is 6. The van der Waals surface area contributed by atoms with Gasteiger partial charge in [-0.2, -0.15) is 23.4 Å². The molecule has 0 bridgehead atoms. The molecule has 1 aromatic carbocycles. The van der Waals surface area contributed by atoms with E-state index in [4.69, 9.17) is 4.98 Å². The van der Waals surface area contributed by atoms with Crippen LogP contribution in [0.2, 0.25) is 0 Å². The molecule has 0 saturated carbocycles. The lowest BCUT2D eigenvalue weighted by atomic mass is 10.0. The minimum absolute atomic E-state index is 0.261. The van der Waals surface area contributed by atoms with Gasteiger partial charge >= 0.3 is 6.18 Å². The maximum Gasteiger partial charge on any atom is 0.416 e. The molecule has 3 aromatic heterocycles. The first-order valence-electron chi connectivity index (χ1n) is 11.0. The molecule has 1 saturated heterocycles. The van der Waals surface area contributed by atoms with Gasteiger partial charge in [0.25, 0.3) is 0 Å². The molecule has 0 radical (unpaired) electrons. The summed E-state index contributed by atoms with van der Waals surface area (Å²) < 4.78 is 68.5. The molecular formula is C22H23F3N8O2S. The van der Waals surface area contributed by atoms with Gasteiger partial charge in [-0.3, -0.25) is 4.68 Å². The fourth-order valence-electron chi connectivity index (χ4n) is 4.60. The van der Waals surface area contributed by atoms with Gasteiger partial charge in [-0.15, -0.1) is 0 Å². The van der Waals surface area contributed by atoms with Crippen LogP contribution in [0.5, 0.6) is 0 Å². The second-order valence-electron chi connectivity index (χ2n) is 8.78. The van der Waals surface area contributed by atoms with Crippen molar-refractivity contribution in [3.05, 3.63) is 48.2 Å². The Hall–Kier alpha value is -3.52. The summed E-state index contributed by atoms with van der Waals surface area (Å²) in [5.74, 6) is 1.18. The van der Waals surface area contributed by atoms with E-state index in [1.54, 1.807) is 29.4 Å². The molecule has 1 aliphatic rings.